The quantitative estimate of drug-likeness (QED) is 0.562. The van der Waals surface area contributed by atoms with Gasteiger partial charge in [0.1, 0.15) is 5.60 Å². The summed E-state index contributed by atoms with van der Waals surface area (Å²) in [5.74, 6) is -0.302. The molecule has 0 bridgehead atoms. The Balaban J connectivity index is 1.75. The Morgan fingerprint density at radius 3 is 2.26 bits per heavy atom. The molecule has 2 aromatic carbocycles. The first-order valence-electron chi connectivity index (χ1n) is 11.7. The maximum Gasteiger partial charge on any atom is 0.410 e. The highest BCUT2D eigenvalue weighted by molar-refractivity contribution is 7.90. The number of carbonyl (C=O) groups excluding carboxylic acids is 2. The van der Waals surface area contributed by atoms with E-state index in [1.54, 1.807) is 4.90 Å². The number of halogens is 1. The van der Waals surface area contributed by atoms with Crippen LogP contribution >= 0.6 is 11.6 Å². The standard InChI is InChI=1S/C26H33ClN2O5S/c1-26(2,3)34-25(31)29(17-16-18-8-12-20(27)13-9-18)23-7-5-6-22(23)28-24(30)19-10-14-21(15-11-19)35(4,32)33/h8-15,22-23H,5-7,16-17H2,1-4H3,(H,28,30)/t22-,23-/m1/s1. The largest absolute Gasteiger partial charge is 0.444 e. The SMILES string of the molecule is CC(C)(C)OC(=O)N(CCc1ccc(Cl)cc1)[C@@H]1CCC[C@H]1NC(=O)c1ccc(S(C)(=O)=O)cc1. The average Bonchev–Trinajstić information content (AvgIpc) is 3.21. The second kappa shape index (κ2) is 11.0. The smallest absolute Gasteiger partial charge is 0.410 e. The van der Waals surface area contributed by atoms with E-state index in [1.807, 2.05) is 45.0 Å². The van der Waals surface area contributed by atoms with Gasteiger partial charge in [-0.05, 0) is 88.4 Å². The van der Waals surface area contributed by atoms with Gasteiger partial charge in [0, 0.05) is 29.4 Å². The van der Waals surface area contributed by atoms with Crippen molar-refractivity contribution in [2.24, 2.45) is 0 Å². The average molecular weight is 521 g/mol. The molecule has 0 spiro atoms. The van der Waals surface area contributed by atoms with Gasteiger partial charge in [0.15, 0.2) is 9.84 Å². The van der Waals surface area contributed by atoms with Gasteiger partial charge in [-0.2, -0.15) is 0 Å². The molecule has 3 rings (SSSR count). The van der Waals surface area contributed by atoms with Gasteiger partial charge in [0.2, 0.25) is 0 Å². The van der Waals surface area contributed by atoms with E-state index < -0.39 is 21.5 Å². The van der Waals surface area contributed by atoms with E-state index in [-0.39, 0.29) is 22.9 Å². The van der Waals surface area contributed by atoms with E-state index in [9.17, 15) is 18.0 Å². The van der Waals surface area contributed by atoms with Gasteiger partial charge in [0.05, 0.1) is 10.9 Å². The summed E-state index contributed by atoms with van der Waals surface area (Å²) < 4.78 is 29.1. The molecule has 7 nitrogen and oxygen atoms in total. The van der Waals surface area contributed by atoms with Crippen LogP contribution in [-0.2, 0) is 21.0 Å². The number of nitrogens with one attached hydrogen (secondary N) is 1. The first-order valence-corrected chi connectivity index (χ1v) is 14.0. The third kappa shape index (κ3) is 7.70. The molecular weight excluding hydrogens is 488 g/mol. The van der Waals surface area contributed by atoms with Crippen molar-refractivity contribution < 1.29 is 22.7 Å². The highest BCUT2D eigenvalue weighted by Gasteiger charge is 2.37. The summed E-state index contributed by atoms with van der Waals surface area (Å²) in [4.78, 5) is 28.0. The Morgan fingerprint density at radius 1 is 1.06 bits per heavy atom. The molecule has 1 fully saturated rings. The van der Waals surface area contributed by atoms with Crippen LogP contribution in [0.15, 0.2) is 53.4 Å². The fourth-order valence-corrected chi connectivity index (χ4v) is 4.96. The second-order valence-electron chi connectivity index (χ2n) is 9.92. The van der Waals surface area contributed by atoms with Crippen LogP contribution < -0.4 is 5.32 Å². The monoisotopic (exact) mass is 520 g/mol. The highest BCUT2D eigenvalue weighted by Crippen LogP contribution is 2.27. The molecule has 0 unspecified atom stereocenters. The molecule has 190 valence electrons. The lowest BCUT2D eigenvalue weighted by atomic mass is 10.1. The lowest BCUT2D eigenvalue weighted by Gasteiger charge is -2.35. The third-order valence-corrected chi connectivity index (χ3v) is 7.30. The summed E-state index contributed by atoms with van der Waals surface area (Å²) in [6.45, 7) is 5.93. The number of hydrogen-bond acceptors (Lipinski definition) is 5. The maximum atomic E-state index is 13.2. The van der Waals surface area contributed by atoms with E-state index in [4.69, 9.17) is 16.3 Å². The van der Waals surface area contributed by atoms with Crippen LogP contribution in [0.4, 0.5) is 4.79 Å². The molecular formula is C26H33ClN2O5S. The van der Waals surface area contributed by atoms with Gasteiger partial charge >= 0.3 is 6.09 Å². The molecule has 2 aromatic rings. The number of amides is 2. The van der Waals surface area contributed by atoms with Crippen molar-refractivity contribution in [2.75, 3.05) is 12.8 Å². The molecule has 2 atom stereocenters. The van der Waals surface area contributed by atoms with Crippen LogP contribution in [0.25, 0.3) is 0 Å². The number of nitrogens with zero attached hydrogens (tertiary/aromatic N) is 1. The molecule has 0 radical (unpaired) electrons. The molecule has 0 aliphatic heterocycles. The molecule has 1 saturated carbocycles. The number of sulfone groups is 1. The Hall–Kier alpha value is -2.58. The molecule has 1 aliphatic rings. The van der Waals surface area contributed by atoms with Gasteiger partial charge in [0.25, 0.3) is 5.91 Å². The third-order valence-electron chi connectivity index (χ3n) is 5.92. The van der Waals surface area contributed by atoms with Crippen molar-refractivity contribution in [3.63, 3.8) is 0 Å². The minimum Gasteiger partial charge on any atom is -0.444 e. The molecule has 0 heterocycles. The number of carbonyl (C=O) groups is 2. The van der Waals surface area contributed by atoms with Gasteiger partial charge in [-0.15, -0.1) is 0 Å². The van der Waals surface area contributed by atoms with Crippen molar-refractivity contribution in [1.82, 2.24) is 10.2 Å². The predicted octanol–water partition coefficient (Wildman–Crippen LogP) is 4.87. The van der Waals surface area contributed by atoms with Crippen molar-refractivity contribution in [1.29, 1.82) is 0 Å². The van der Waals surface area contributed by atoms with Crippen molar-refractivity contribution in [3.8, 4) is 0 Å². The van der Waals surface area contributed by atoms with Crippen LogP contribution in [0, 0.1) is 0 Å². The summed E-state index contributed by atoms with van der Waals surface area (Å²) in [6, 6.07) is 12.9. The van der Waals surface area contributed by atoms with E-state index in [2.05, 4.69) is 5.32 Å². The zero-order valence-corrected chi connectivity index (χ0v) is 22.2. The van der Waals surface area contributed by atoms with E-state index in [0.717, 1.165) is 31.1 Å². The Bertz CT molecular complexity index is 1140. The minimum atomic E-state index is -3.34. The van der Waals surface area contributed by atoms with Crippen molar-refractivity contribution in [2.45, 2.75) is 69.0 Å². The normalized spacial score (nSPS) is 18.2. The van der Waals surface area contributed by atoms with Crippen molar-refractivity contribution >= 4 is 33.4 Å². The number of ether oxygens (including phenoxy) is 1. The van der Waals surface area contributed by atoms with Gasteiger partial charge < -0.3 is 15.0 Å². The van der Waals surface area contributed by atoms with E-state index in [1.165, 1.54) is 24.3 Å². The van der Waals surface area contributed by atoms with Crippen molar-refractivity contribution in [3.05, 3.63) is 64.7 Å². The molecule has 2 amide bonds. The maximum absolute atomic E-state index is 13.2. The Labute approximate surface area is 212 Å². The fourth-order valence-electron chi connectivity index (χ4n) is 4.20. The first-order chi connectivity index (χ1) is 16.3. The van der Waals surface area contributed by atoms with Crippen LogP contribution in [0.5, 0.6) is 0 Å². The lowest BCUT2D eigenvalue weighted by molar-refractivity contribution is 0.0140. The van der Waals surface area contributed by atoms with Gasteiger partial charge in [-0.3, -0.25) is 4.79 Å². The topological polar surface area (TPSA) is 92.8 Å². The second-order valence-corrected chi connectivity index (χ2v) is 12.4. The van der Waals surface area contributed by atoms with E-state index in [0.29, 0.717) is 23.6 Å². The molecule has 1 aliphatic carbocycles. The molecule has 35 heavy (non-hydrogen) atoms. The first kappa shape index (κ1) is 27.0. The minimum absolute atomic E-state index is 0.158. The zero-order chi connectivity index (χ0) is 25.8. The Morgan fingerprint density at radius 2 is 1.69 bits per heavy atom. The zero-order valence-electron chi connectivity index (χ0n) is 20.6. The van der Waals surface area contributed by atoms with Crippen LogP contribution in [-0.4, -0.2) is 55.8 Å². The summed E-state index contributed by atoms with van der Waals surface area (Å²) in [7, 11) is -3.34. The highest BCUT2D eigenvalue weighted by atomic mass is 35.5. The van der Waals surface area contributed by atoms with E-state index >= 15 is 0 Å². The van der Waals surface area contributed by atoms with Crippen LogP contribution in [0.2, 0.25) is 5.02 Å². The van der Waals surface area contributed by atoms with Gasteiger partial charge in [-0.25, -0.2) is 13.2 Å². The Kier molecular flexibility index (Phi) is 8.49. The fraction of sp³-hybridized carbons (Fsp3) is 0.462. The number of rotatable bonds is 7. The summed E-state index contributed by atoms with van der Waals surface area (Å²) in [6.07, 6.45) is 3.69. The molecule has 9 heteroatoms. The summed E-state index contributed by atoms with van der Waals surface area (Å²) >= 11 is 6.00. The molecule has 0 aromatic heterocycles. The van der Waals surface area contributed by atoms with Crippen LogP contribution in [0.1, 0.15) is 56.0 Å². The van der Waals surface area contributed by atoms with Gasteiger partial charge in [-0.1, -0.05) is 23.7 Å². The number of hydrogen-bond donors (Lipinski definition) is 1. The number of benzene rings is 2. The summed E-state index contributed by atoms with van der Waals surface area (Å²) in [5.41, 5.74) is 0.773. The molecule has 0 saturated heterocycles. The van der Waals surface area contributed by atoms with Crippen LogP contribution in [0.3, 0.4) is 0 Å². The predicted molar refractivity (Wildman–Crippen MR) is 137 cm³/mol. The molecule has 1 N–H and O–H groups in total. The lowest BCUT2D eigenvalue weighted by Crippen LogP contribution is -2.52. The summed E-state index contributed by atoms with van der Waals surface area (Å²) in [5, 5.41) is 3.71.